The van der Waals surface area contributed by atoms with Crippen LogP contribution in [0.4, 0.5) is 18.0 Å². The maximum absolute atomic E-state index is 13.5. The second-order valence-corrected chi connectivity index (χ2v) is 6.13. The van der Waals surface area contributed by atoms with E-state index in [1.54, 1.807) is 41.0 Å². The summed E-state index contributed by atoms with van der Waals surface area (Å²) in [6, 6.07) is 7.58. The van der Waals surface area contributed by atoms with Gasteiger partial charge in [-0.3, -0.25) is 19.8 Å². The van der Waals surface area contributed by atoms with Crippen LogP contribution < -0.4 is 10.6 Å². The summed E-state index contributed by atoms with van der Waals surface area (Å²) in [6.07, 6.45) is -3.99. The van der Waals surface area contributed by atoms with E-state index in [1.807, 2.05) is 0 Å². The summed E-state index contributed by atoms with van der Waals surface area (Å²) in [5.41, 5.74) is -2.62. The molecule has 134 valence electrons. The Morgan fingerprint density at radius 2 is 1.88 bits per heavy atom. The van der Waals surface area contributed by atoms with Gasteiger partial charge in [0, 0.05) is 12.5 Å². The summed E-state index contributed by atoms with van der Waals surface area (Å²) >= 11 is 0. The van der Waals surface area contributed by atoms with Crippen LogP contribution in [0.1, 0.15) is 18.4 Å². The molecule has 2 aliphatic rings. The van der Waals surface area contributed by atoms with Gasteiger partial charge >= 0.3 is 12.2 Å². The zero-order chi connectivity index (χ0) is 18.2. The monoisotopic (exact) mass is 355 g/mol. The predicted molar refractivity (Wildman–Crippen MR) is 80.0 cm³/mol. The van der Waals surface area contributed by atoms with Crippen molar-refractivity contribution in [2.45, 2.75) is 31.1 Å². The second kappa shape index (κ2) is 6.05. The number of halogens is 3. The highest BCUT2D eigenvalue weighted by Crippen LogP contribution is 2.36. The smallest absolute Gasteiger partial charge is 0.318 e. The van der Waals surface area contributed by atoms with Gasteiger partial charge in [-0.25, -0.2) is 4.79 Å². The number of hydrogen-bond donors (Lipinski definition) is 2. The molecule has 1 saturated carbocycles. The average molecular weight is 355 g/mol. The van der Waals surface area contributed by atoms with Crippen LogP contribution in [0.3, 0.4) is 0 Å². The molecular weight excluding hydrogens is 339 g/mol. The molecule has 2 fully saturated rings. The molecule has 6 nitrogen and oxygen atoms in total. The van der Waals surface area contributed by atoms with E-state index < -0.39 is 35.6 Å². The fraction of sp³-hybridized carbons (Fsp3) is 0.438. The summed E-state index contributed by atoms with van der Waals surface area (Å²) < 4.78 is 40.6. The Kier molecular flexibility index (Phi) is 4.18. The van der Waals surface area contributed by atoms with E-state index in [2.05, 4.69) is 0 Å². The molecule has 1 heterocycles. The van der Waals surface area contributed by atoms with Gasteiger partial charge in [-0.15, -0.1) is 0 Å². The zero-order valence-electron chi connectivity index (χ0n) is 13.1. The minimum Gasteiger partial charge on any atom is -0.318 e. The van der Waals surface area contributed by atoms with E-state index in [0.29, 0.717) is 17.7 Å². The van der Waals surface area contributed by atoms with Crippen LogP contribution in [0.15, 0.2) is 30.3 Å². The van der Waals surface area contributed by atoms with E-state index in [-0.39, 0.29) is 13.0 Å². The normalized spacial score (nSPS) is 23.6. The average Bonchev–Trinajstić information content (AvgIpc) is 3.35. The summed E-state index contributed by atoms with van der Waals surface area (Å²) in [6.45, 7) is -0.216. The van der Waals surface area contributed by atoms with Gasteiger partial charge in [-0.2, -0.15) is 13.2 Å². The SMILES string of the molecule is O=C(N[C@]1(C(F)(F)F)NC(=O)N(CCc2ccccc2)C1=O)C1CC1. The number of hydrogen-bond acceptors (Lipinski definition) is 3. The molecule has 9 heteroatoms. The highest BCUT2D eigenvalue weighted by molar-refractivity contribution is 6.09. The molecular formula is C16H16F3N3O3. The highest BCUT2D eigenvalue weighted by Gasteiger charge is 2.69. The first-order chi connectivity index (χ1) is 11.7. The summed E-state index contributed by atoms with van der Waals surface area (Å²) in [5.74, 6) is -2.92. The molecule has 0 bridgehead atoms. The fourth-order valence-corrected chi connectivity index (χ4v) is 2.64. The highest BCUT2D eigenvalue weighted by atomic mass is 19.4. The molecule has 1 aromatic rings. The standard InChI is InChI=1S/C16H16F3N3O3/c17-16(18,19)15(20-12(23)11-6-7-11)13(24)22(14(25)21-15)9-8-10-4-2-1-3-5-10/h1-5,11H,6-9H2,(H,20,23)(H,21,25)/t15-/m0/s1. The Morgan fingerprint density at radius 1 is 1.24 bits per heavy atom. The fourth-order valence-electron chi connectivity index (χ4n) is 2.64. The second-order valence-electron chi connectivity index (χ2n) is 6.13. The number of imide groups is 1. The predicted octanol–water partition coefficient (Wildman–Crippen LogP) is 1.57. The number of carbonyl (C=O) groups excluding carboxylic acids is 3. The van der Waals surface area contributed by atoms with Crippen LogP contribution in [-0.4, -0.2) is 41.1 Å². The lowest BCUT2D eigenvalue weighted by Crippen LogP contribution is -2.69. The number of amides is 4. The Bertz CT molecular complexity index is 704. The first kappa shape index (κ1) is 17.2. The molecule has 2 N–H and O–H groups in total. The number of benzene rings is 1. The molecule has 1 aliphatic heterocycles. The van der Waals surface area contributed by atoms with Gasteiger partial charge in [0.25, 0.3) is 11.6 Å². The van der Waals surface area contributed by atoms with Gasteiger partial charge in [-0.1, -0.05) is 30.3 Å². The molecule has 0 unspecified atom stereocenters. The van der Waals surface area contributed by atoms with Crippen LogP contribution in [0, 0.1) is 5.92 Å². The number of nitrogens with one attached hydrogen (secondary N) is 2. The number of alkyl halides is 3. The van der Waals surface area contributed by atoms with Gasteiger partial charge in [0.1, 0.15) is 0 Å². The molecule has 1 aromatic carbocycles. The van der Waals surface area contributed by atoms with E-state index in [4.69, 9.17) is 0 Å². The quantitative estimate of drug-likeness (QED) is 0.787. The van der Waals surface area contributed by atoms with Crippen molar-refractivity contribution < 1.29 is 27.6 Å². The minimum atomic E-state index is -5.15. The van der Waals surface area contributed by atoms with Crippen molar-refractivity contribution in [2.24, 2.45) is 5.92 Å². The number of carbonyl (C=O) groups is 3. The lowest BCUT2D eigenvalue weighted by atomic mass is 10.1. The van der Waals surface area contributed by atoms with Crippen LogP contribution in [0.2, 0.25) is 0 Å². The summed E-state index contributed by atoms with van der Waals surface area (Å²) in [5, 5.41) is 3.35. The molecule has 25 heavy (non-hydrogen) atoms. The number of urea groups is 1. The molecule has 0 radical (unpaired) electrons. The summed E-state index contributed by atoms with van der Waals surface area (Å²) in [4.78, 5) is 36.7. The van der Waals surface area contributed by atoms with Gasteiger partial charge in [0.2, 0.25) is 5.91 Å². The van der Waals surface area contributed by atoms with Crippen molar-refractivity contribution in [1.82, 2.24) is 15.5 Å². The Labute approximate surface area is 141 Å². The molecule has 1 aliphatic carbocycles. The first-order valence-electron chi connectivity index (χ1n) is 7.81. The molecule has 1 saturated heterocycles. The third-order valence-electron chi connectivity index (χ3n) is 4.26. The third-order valence-corrected chi connectivity index (χ3v) is 4.26. The zero-order valence-corrected chi connectivity index (χ0v) is 13.1. The van der Waals surface area contributed by atoms with Crippen LogP contribution in [0.25, 0.3) is 0 Å². The van der Waals surface area contributed by atoms with Crippen molar-refractivity contribution in [3.8, 4) is 0 Å². The van der Waals surface area contributed by atoms with Crippen LogP contribution >= 0.6 is 0 Å². The number of rotatable bonds is 5. The lowest BCUT2D eigenvalue weighted by molar-refractivity contribution is -0.204. The van der Waals surface area contributed by atoms with Crippen molar-refractivity contribution in [2.75, 3.05) is 6.54 Å². The van der Waals surface area contributed by atoms with E-state index in [1.165, 1.54) is 0 Å². The van der Waals surface area contributed by atoms with E-state index in [9.17, 15) is 27.6 Å². The Hall–Kier alpha value is -2.58. The van der Waals surface area contributed by atoms with Crippen molar-refractivity contribution >= 4 is 17.8 Å². The van der Waals surface area contributed by atoms with Crippen molar-refractivity contribution in [3.05, 3.63) is 35.9 Å². The third kappa shape index (κ3) is 3.18. The number of nitrogens with zero attached hydrogens (tertiary/aromatic N) is 1. The summed E-state index contributed by atoms with van der Waals surface area (Å²) in [7, 11) is 0. The van der Waals surface area contributed by atoms with Crippen LogP contribution in [-0.2, 0) is 16.0 Å². The maximum Gasteiger partial charge on any atom is 0.440 e. The molecule has 1 atom stereocenters. The first-order valence-corrected chi connectivity index (χ1v) is 7.81. The Balaban J connectivity index is 1.79. The van der Waals surface area contributed by atoms with Gasteiger partial charge < -0.3 is 5.32 Å². The van der Waals surface area contributed by atoms with E-state index in [0.717, 1.165) is 5.56 Å². The van der Waals surface area contributed by atoms with Gasteiger partial charge in [0.05, 0.1) is 0 Å². The van der Waals surface area contributed by atoms with Crippen molar-refractivity contribution in [3.63, 3.8) is 0 Å². The molecule has 0 spiro atoms. The van der Waals surface area contributed by atoms with Gasteiger partial charge in [-0.05, 0) is 24.8 Å². The molecule has 4 amide bonds. The lowest BCUT2D eigenvalue weighted by Gasteiger charge is -2.29. The Morgan fingerprint density at radius 3 is 2.44 bits per heavy atom. The molecule has 0 aromatic heterocycles. The minimum absolute atomic E-state index is 0.213. The maximum atomic E-state index is 13.5. The topological polar surface area (TPSA) is 78.5 Å². The van der Waals surface area contributed by atoms with Crippen LogP contribution in [0.5, 0.6) is 0 Å². The van der Waals surface area contributed by atoms with E-state index >= 15 is 0 Å². The van der Waals surface area contributed by atoms with Gasteiger partial charge in [0.15, 0.2) is 0 Å². The largest absolute Gasteiger partial charge is 0.440 e. The molecule has 3 rings (SSSR count). The van der Waals surface area contributed by atoms with Crippen molar-refractivity contribution in [1.29, 1.82) is 0 Å².